The van der Waals surface area contributed by atoms with Crippen molar-refractivity contribution in [3.63, 3.8) is 0 Å². The van der Waals surface area contributed by atoms with Crippen molar-refractivity contribution < 1.29 is 9.21 Å². The molecule has 88 valence electrons. The molecule has 1 aromatic heterocycles. The van der Waals surface area contributed by atoms with Crippen molar-refractivity contribution in [1.82, 2.24) is 4.98 Å². The molecule has 1 aliphatic rings. The highest BCUT2D eigenvalue weighted by atomic mass is 16.4. The van der Waals surface area contributed by atoms with Gasteiger partial charge in [0.05, 0.1) is 5.52 Å². The van der Waals surface area contributed by atoms with Gasteiger partial charge in [0.1, 0.15) is 0 Å². The average Bonchev–Trinajstić information content (AvgIpc) is 2.94. The lowest BCUT2D eigenvalue weighted by molar-refractivity contribution is 0.0923. The van der Waals surface area contributed by atoms with Crippen molar-refractivity contribution in [3.8, 4) is 0 Å². The minimum absolute atomic E-state index is 0.158. The van der Waals surface area contributed by atoms with E-state index in [1.165, 1.54) is 0 Å². The first-order chi connectivity index (χ1) is 8.24. The van der Waals surface area contributed by atoms with Crippen LogP contribution in [0.4, 0.5) is 0 Å². The van der Waals surface area contributed by atoms with Gasteiger partial charge < -0.3 is 4.42 Å². The van der Waals surface area contributed by atoms with E-state index in [4.69, 9.17) is 4.42 Å². The predicted octanol–water partition coefficient (Wildman–Crippen LogP) is 2.49. The molecule has 0 spiro atoms. The molecule has 1 aliphatic carbocycles. The number of Topliss-reactive ketones (excluding diaryl/α,β-unsaturated/α-hetero) is 1. The number of oxazole rings is 1. The Balaban J connectivity index is 1.99. The average molecular weight is 231 g/mol. The van der Waals surface area contributed by atoms with Crippen molar-refractivity contribution in [2.24, 2.45) is 5.92 Å². The van der Waals surface area contributed by atoms with Crippen LogP contribution in [-0.2, 0) is 0 Å². The zero-order valence-corrected chi connectivity index (χ0v) is 9.36. The Labute approximate surface area is 97.6 Å². The van der Waals surface area contributed by atoms with Gasteiger partial charge in [0.25, 0.3) is 0 Å². The van der Waals surface area contributed by atoms with Gasteiger partial charge in [-0.15, -0.1) is 0 Å². The zero-order valence-electron chi connectivity index (χ0n) is 9.36. The van der Waals surface area contributed by atoms with Gasteiger partial charge in [-0.05, 0) is 31.0 Å². The Morgan fingerprint density at radius 3 is 2.82 bits per heavy atom. The van der Waals surface area contributed by atoms with E-state index in [2.05, 4.69) is 4.98 Å². The summed E-state index contributed by atoms with van der Waals surface area (Å²) in [4.78, 5) is 25.8. The molecule has 3 rings (SSSR count). The third-order valence-electron chi connectivity index (χ3n) is 3.43. The van der Waals surface area contributed by atoms with E-state index in [1.807, 2.05) is 0 Å². The van der Waals surface area contributed by atoms with Crippen molar-refractivity contribution in [3.05, 3.63) is 34.3 Å². The fourth-order valence-corrected chi connectivity index (χ4v) is 2.53. The molecule has 0 radical (unpaired) electrons. The van der Waals surface area contributed by atoms with E-state index in [1.54, 1.807) is 18.2 Å². The molecule has 1 heterocycles. The Morgan fingerprint density at radius 2 is 2.06 bits per heavy atom. The van der Waals surface area contributed by atoms with Crippen LogP contribution in [0.3, 0.4) is 0 Å². The third kappa shape index (κ3) is 1.79. The molecule has 1 fully saturated rings. The maximum absolute atomic E-state index is 12.2. The van der Waals surface area contributed by atoms with Crippen LogP contribution in [0.15, 0.2) is 27.4 Å². The van der Waals surface area contributed by atoms with E-state index >= 15 is 0 Å². The van der Waals surface area contributed by atoms with Crippen molar-refractivity contribution >= 4 is 16.9 Å². The number of aromatic amines is 1. The minimum atomic E-state index is -0.481. The quantitative estimate of drug-likeness (QED) is 0.807. The Kier molecular flexibility index (Phi) is 2.35. The van der Waals surface area contributed by atoms with Gasteiger partial charge in [-0.3, -0.25) is 9.78 Å². The summed E-state index contributed by atoms with van der Waals surface area (Å²) in [7, 11) is 0. The highest BCUT2D eigenvalue weighted by molar-refractivity contribution is 6.00. The summed E-state index contributed by atoms with van der Waals surface area (Å²) in [6.45, 7) is 0. The van der Waals surface area contributed by atoms with Crippen LogP contribution in [-0.4, -0.2) is 10.8 Å². The lowest BCUT2D eigenvalue weighted by Gasteiger charge is -2.07. The number of aromatic nitrogens is 1. The predicted molar refractivity (Wildman–Crippen MR) is 63.1 cm³/mol. The van der Waals surface area contributed by atoms with Crippen LogP contribution in [0, 0.1) is 5.92 Å². The van der Waals surface area contributed by atoms with Gasteiger partial charge in [0, 0.05) is 11.5 Å². The van der Waals surface area contributed by atoms with Crippen molar-refractivity contribution in [1.29, 1.82) is 0 Å². The van der Waals surface area contributed by atoms with Crippen LogP contribution >= 0.6 is 0 Å². The number of benzene rings is 1. The smallest absolute Gasteiger partial charge is 0.408 e. The fourth-order valence-electron chi connectivity index (χ4n) is 2.53. The van der Waals surface area contributed by atoms with Crippen LogP contribution in [0.5, 0.6) is 0 Å². The summed E-state index contributed by atoms with van der Waals surface area (Å²) in [5, 5.41) is 0. The monoisotopic (exact) mass is 231 g/mol. The number of rotatable bonds is 2. The number of H-pyrrole nitrogens is 1. The molecule has 17 heavy (non-hydrogen) atoms. The number of hydrogen-bond acceptors (Lipinski definition) is 3. The molecule has 0 bridgehead atoms. The van der Waals surface area contributed by atoms with Gasteiger partial charge in [-0.1, -0.05) is 12.8 Å². The summed E-state index contributed by atoms with van der Waals surface area (Å²) in [5.41, 5.74) is 1.76. The molecule has 0 aliphatic heterocycles. The second-order valence-electron chi connectivity index (χ2n) is 4.57. The molecular weight excluding hydrogens is 218 g/mol. The number of carbonyl (C=O) groups is 1. The van der Waals surface area contributed by atoms with E-state index in [0.717, 1.165) is 25.7 Å². The maximum atomic E-state index is 12.2. The van der Waals surface area contributed by atoms with E-state index in [-0.39, 0.29) is 11.7 Å². The summed E-state index contributed by atoms with van der Waals surface area (Å²) in [5.74, 6) is -0.136. The SMILES string of the molecule is O=C(c1ccc2oc(=O)[nH]c2c1)C1CCCC1. The standard InChI is InChI=1S/C13H13NO3/c15-12(8-3-1-2-4-8)9-5-6-11-10(7-9)14-13(16)17-11/h5-8H,1-4H2,(H,14,16). The number of hydrogen-bond donors (Lipinski definition) is 1. The van der Waals surface area contributed by atoms with Crippen LogP contribution < -0.4 is 5.76 Å². The molecule has 4 heteroatoms. The number of ketones is 1. The van der Waals surface area contributed by atoms with Gasteiger partial charge in [-0.2, -0.15) is 0 Å². The molecule has 0 atom stereocenters. The molecule has 2 aromatic rings. The van der Waals surface area contributed by atoms with Crippen LogP contribution in [0.25, 0.3) is 11.1 Å². The highest BCUT2D eigenvalue weighted by Gasteiger charge is 2.24. The van der Waals surface area contributed by atoms with E-state index in [0.29, 0.717) is 16.7 Å². The molecule has 1 saturated carbocycles. The first kappa shape index (κ1) is 10.3. The van der Waals surface area contributed by atoms with Gasteiger partial charge in [-0.25, -0.2) is 4.79 Å². The highest BCUT2D eigenvalue weighted by Crippen LogP contribution is 2.28. The first-order valence-corrected chi connectivity index (χ1v) is 5.91. The second kappa shape index (κ2) is 3.87. The lowest BCUT2D eigenvalue weighted by atomic mass is 9.96. The molecule has 1 N–H and O–H groups in total. The van der Waals surface area contributed by atoms with Gasteiger partial charge in [0.2, 0.25) is 0 Å². The molecule has 4 nitrogen and oxygen atoms in total. The third-order valence-corrected chi connectivity index (χ3v) is 3.43. The van der Waals surface area contributed by atoms with E-state index < -0.39 is 5.76 Å². The maximum Gasteiger partial charge on any atom is 0.417 e. The summed E-state index contributed by atoms with van der Waals surface area (Å²) in [6.07, 6.45) is 4.25. The number of carbonyl (C=O) groups excluding carboxylic acids is 1. The minimum Gasteiger partial charge on any atom is -0.408 e. The van der Waals surface area contributed by atoms with Crippen molar-refractivity contribution in [2.75, 3.05) is 0 Å². The molecular formula is C13H13NO3. The fraction of sp³-hybridized carbons (Fsp3) is 0.385. The topological polar surface area (TPSA) is 63.1 Å². The summed E-state index contributed by atoms with van der Waals surface area (Å²) >= 11 is 0. The first-order valence-electron chi connectivity index (χ1n) is 5.91. The van der Waals surface area contributed by atoms with Gasteiger partial charge in [0.15, 0.2) is 11.4 Å². The van der Waals surface area contributed by atoms with E-state index in [9.17, 15) is 9.59 Å². The molecule has 0 saturated heterocycles. The van der Waals surface area contributed by atoms with Gasteiger partial charge >= 0.3 is 5.76 Å². The summed E-state index contributed by atoms with van der Waals surface area (Å²) in [6, 6.07) is 5.12. The normalized spacial score (nSPS) is 16.7. The zero-order chi connectivity index (χ0) is 11.8. The summed E-state index contributed by atoms with van der Waals surface area (Å²) < 4.78 is 4.91. The molecule has 0 unspecified atom stereocenters. The Hall–Kier alpha value is -1.84. The number of nitrogens with one attached hydrogen (secondary N) is 1. The Morgan fingerprint density at radius 1 is 1.29 bits per heavy atom. The van der Waals surface area contributed by atoms with Crippen LogP contribution in [0.1, 0.15) is 36.0 Å². The Bertz CT molecular complexity index is 617. The molecule has 0 amide bonds. The lowest BCUT2D eigenvalue weighted by Crippen LogP contribution is -2.10. The van der Waals surface area contributed by atoms with Crippen LogP contribution in [0.2, 0.25) is 0 Å². The molecule has 1 aromatic carbocycles. The van der Waals surface area contributed by atoms with Crippen molar-refractivity contribution in [2.45, 2.75) is 25.7 Å². The number of fused-ring (bicyclic) bond motifs is 1. The second-order valence-corrected chi connectivity index (χ2v) is 4.57. The largest absolute Gasteiger partial charge is 0.417 e.